The summed E-state index contributed by atoms with van der Waals surface area (Å²) in [6.45, 7) is 3.74. The maximum absolute atomic E-state index is 13.2. The zero-order chi connectivity index (χ0) is 30.8. The van der Waals surface area contributed by atoms with E-state index in [2.05, 4.69) is 17.2 Å². The fraction of sp³-hybridized carbons (Fsp3) is 0.353. The second kappa shape index (κ2) is 19.2. The quantitative estimate of drug-likeness (QED) is 0.117. The summed E-state index contributed by atoms with van der Waals surface area (Å²) in [5.74, 6) is 6.96. The van der Waals surface area contributed by atoms with Crippen LogP contribution < -0.4 is 10.2 Å². The van der Waals surface area contributed by atoms with Crippen LogP contribution in [0.1, 0.15) is 35.1 Å². The molecule has 4 rings (SSSR count). The Hall–Kier alpha value is -3.30. The highest BCUT2D eigenvalue weighted by atomic mass is 33.1. The van der Waals surface area contributed by atoms with Gasteiger partial charge in [-0.3, -0.25) is 9.59 Å². The highest BCUT2D eigenvalue weighted by molar-refractivity contribution is 8.76. The van der Waals surface area contributed by atoms with Crippen molar-refractivity contribution < 1.29 is 28.9 Å². The predicted molar refractivity (Wildman–Crippen MR) is 175 cm³/mol. The molecule has 3 aromatic carbocycles. The molecule has 3 aromatic rings. The average Bonchev–Trinajstić information content (AvgIpc) is 3.05. The van der Waals surface area contributed by atoms with Crippen LogP contribution in [0.5, 0.6) is 0 Å². The van der Waals surface area contributed by atoms with Gasteiger partial charge in [-0.15, -0.1) is 0 Å². The molecule has 44 heavy (non-hydrogen) atoms. The number of para-hydroxylation sites is 1. The van der Waals surface area contributed by atoms with Crippen molar-refractivity contribution in [2.45, 2.75) is 30.9 Å². The van der Waals surface area contributed by atoms with Gasteiger partial charge >= 0.3 is 0 Å². The Morgan fingerprint density at radius 3 is 2.23 bits per heavy atom. The molecule has 0 spiro atoms. The van der Waals surface area contributed by atoms with Crippen molar-refractivity contribution in [1.29, 1.82) is 0 Å². The molecule has 0 unspecified atom stereocenters. The molecule has 1 aliphatic heterocycles. The number of benzene rings is 3. The Labute approximate surface area is 267 Å². The van der Waals surface area contributed by atoms with Crippen LogP contribution >= 0.6 is 21.6 Å². The highest BCUT2D eigenvalue weighted by Gasteiger charge is 2.21. The zero-order valence-electron chi connectivity index (χ0n) is 24.7. The third-order valence-electron chi connectivity index (χ3n) is 6.62. The number of hydrogen-bond donors (Lipinski definition) is 2. The summed E-state index contributed by atoms with van der Waals surface area (Å²) in [6.07, 6.45) is 0.201. The topological polar surface area (TPSA) is 97.3 Å². The predicted octanol–water partition coefficient (Wildman–Crippen LogP) is 4.81. The molecule has 8 nitrogen and oxygen atoms in total. The Kier molecular flexibility index (Phi) is 14.6. The number of amides is 2. The maximum atomic E-state index is 13.2. The Morgan fingerprint density at radius 1 is 0.795 bits per heavy atom. The molecule has 0 fully saturated rings. The molecule has 0 radical (unpaired) electrons. The molecule has 0 atom stereocenters. The summed E-state index contributed by atoms with van der Waals surface area (Å²) in [6, 6.07) is 23.3. The lowest BCUT2D eigenvalue weighted by Gasteiger charge is -2.26. The minimum atomic E-state index is -0.188. The summed E-state index contributed by atoms with van der Waals surface area (Å²) in [5.41, 5.74) is 4.35. The first-order valence-corrected chi connectivity index (χ1v) is 16.9. The normalized spacial score (nSPS) is 11.9. The van der Waals surface area contributed by atoms with Gasteiger partial charge in [-0.2, -0.15) is 0 Å². The first-order valence-electron chi connectivity index (χ1n) is 14.6. The lowest BCUT2D eigenvalue weighted by Crippen LogP contribution is -2.34. The molecule has 1 heterocycles. The summed E-state index contributed by atoms with van der Waals surface area (Å²) < 4.78 is 16.6. The van der Waals surface area contributed by atoms with Crippen LogP contribution in [0.2, 0.25) is 0 Å². The van der Waals surface area contributed by atoms with Crippen molar-refractivity contribution in [3.63, 3.8) is 0 Å². The van der Waals surface area contributed by atoms with Crippen molar-refractivity contribution >= 4 is 39.1 Å². The molecule has 0 saturated heterocycles. The number of fused-ring (bicyclic) bond motifs is 2. The molecule has 2 amide bonds. The van der Waals surface area contributed by atoms with Crippen molar-refractivity contribution in [3.8, 4) is 11.8 Å². The van der Waals surface area contributed by atoms with E-state index in [1.54, 1.807) is 26.5 Å². The number of carbonyl (C=O) groups excluding carboxylic acids is 2. The standard InChI is InChI=1S/C34H38N2O6S2/c37-26-27-9-13-31(14-10-27)44-43-24-23-42-22-21-41-20-19-40-18-17-35-33(38)15-16-34(39)36-25-30-7-2-1-5-28(30)11-12-29-6-3-4-8-32(29)36/h1-10,13-14,37H,15-26H2,(H,35,38). The van der Waals surface area contributed by atoms with Gasteiger partial charge in [0.15, 0.2) is 0 Å². The molecule has 2 N–H and O–H groups in total. The molecular weight excluding hydrogens is 597 g/mol. The summed E-state index contributed by atoms with van der Waals surface area (Å²) in [5, 5.41) is 11.9. The second-order valence-corrected chi connectivity index (χ2v) is 12.3. The molecule has 1 aliphatic rings. The fourth-order valence-electron chi connectivity index (χ4n) is 4.31. The van der Waals surface area contributed by atoms with E-state index in [1.807, 2.05) is 72.8 Å². The summed E-state index contributed by atoms with van der Waals surface area (Å²) in [4.78, 5) is 28.5. The smallest absolute Gasteiger partial charge is 0.227 e. The number of carbonyl (C=O) groups is 2. The van der Waals surface area contributed by atoms with Crippen LogP contribution in [-0.4, -0.2) is 68.9 Å². The number of anilines is 1. The van der Waals surface area contributed by atoms with Crippen molar-refractivity contribution in [1.82, 2.24) is 5.32 Å². The van der Waals surface area contributed by atoms with Crippen molar-refractivity contribution in [2.24, 2.45) is 0 Å². The van der Waals surface area contributed by atoms with E-state index in [4.69, 9.17) is 19.3 Å². The Bertz CT molecular complexity index is 1410. The van der Waals surface area contributed by atoms with E-state index < -0.39 is 0 Å². The lowest BCUT2D eigenvalue weighted by atomic mass is 10.0. The molecule has 0 bridgehead atoms. The summed E-state index contributed by atoms with van der Waals surface area (Å²) in [7, 11) is 3.41. The van der Waals surface area contributed by atoms with Gasteiger partial charge in [0.05, 0.1) is 58.5 Å². The molecule has 0 aliphatic carbocycles. The molecule has 10 heteroatoms. The SMILES string of the molecule is O=C(CCC(=O)N1Cc2ccccc2C#Cc2ccccc21)NCCOCCOCCOCCSSc1ccc(CO)cc1. The van der Waals surface area contributed by atoms with Crippen LogP contribution in [-0.2, 0) is 37.0 Å². The first kappa shape index (κ1) is 33.6. The van der Waals surface area contributed by atoms with Crippen molar-refractivity contribution in [3.05, 3.63) is 95.1 Å². The van der Waals surface area contributed by atoms with Crippen LogP contribution in [0, 0.1) is 11.8 Å². The fourth-order valence-corrected chi connectivity index (χ4v) is 6.16. The molecule has 0 aromatic heterocycles. The van der Waals surface area contributed by atoms with Gasteiger partial charge in [0.2, 0.25) is 11.8 Å². The minimum Gasteiger partial charge on any atom is -0.392 e. The molecular formula is C34H38N2O6S2. The van der Waals surface area contributed by atoms with Crippen LogP contribution in [0.3, 0.4) is 0 Å². The number of aliphatic hydroxyl groups is 1. The van der Waals surface area contributed by atoms with E-state index in [1.165, 1.54) is 0 Å². The van der Waals surface area contributed by atoms with Gasteiger partial charge in [0.1, 0.15) is 0 Å². The highest BCUT2D eigenvalue weighted by Crippen LogP contribution is 2.30. The number of aliphatic hydroxyl groups excluding tert-OH is 1. The number of ether oxygens (including phenoxy) is 3. The third-order valence-corrected chi connectivity index (χ3v) is 8.97. The first-order chi connectivity index (χ1) is 21.6. The van der Waals surface area contributed by atoms with Gasteiger partial charge < -0.3 is 29.5 Å². The molecule has 232 valence electrons. The lowest BCUT2D eigenvalue weighted by molar-refractivity contribution is -0.125. The van der Waals surface area contributed by atoms with Gasteiger partial charge in [0, 0.05) is 41.2 Å². The van der Waals surface area contributed by atoms with E-state index in [9.17, 15) is 9.59 Å². The van der Waals surface area contributed by atoms with E-state index in [0.29, 0.717) is 52.7 Å². The maximum Gasteiger partial charge on any atom is 0.227 e. The number of rotatable bonds is 18. The molecule has 0 saturated carbocycles. The monoisotopic (exact) mass is 634 g/mol. The number of nitrogens with zero attached hydrogens (tertiary/aromatic N) is 1. The zero-order valence-corrected chi connectivity index (χ0v) is 26.3. The van der Waals surface area contributed by atoms with E-state index in [-0.39, 0.29) is 31.3 Å². The minimum absolute atomic E-state index is 0.0620. The average molecular weight is 635 g/mol. The van der Waals surface area contributed by atoms with Crippen molar-refractivity contribution in [2.75, 3.05) is 56.8 Å². The number of nitrogens with one attached hydrogen (secondary N) is 1. The van der Waals surface area contributed by atoms with Gasteiger partial charge in [-0.25, -0.2) is 0 Å². The summed E-state index contributed by atoms with van der Waals surface area (Å²) >= 11 is 0. The van der Waals surface area contributed by atoms with Gasteiger partial charge in [0.25, 0.3) is 0 Å². The second-order valence-electron chi connectivity index (χ2n) is 9.80. The van der Waals surface area contributed by atoms with Crippen LogP contribution in [0.15, 0.2) is 77.7 Å². The Balaban J connectivity index is 1.01. The number of hydrogen-bond acceptors (Lipinski definition) is 8. The van der Waals surface area contributed by atoms with Crippen LogP contribution in [0.25, 0.3) is 0 Å². The van der Waals surface area contributed by atoms with Gasteiger partial charge in [-0.05, 0) is 41.5 Å². The Morgan fingerprint density at radius 2 is 1.45 bits per heavy atom. The van der Waals surface area contributed by atoms with E-state index >= 15 is 0 Å². The largest absolute Gasteiger partial charge is 0.392 e. The third kappa shape index (κ3) is 11.3. The van der Waals surface area contributed by atoms with Gasteiger partial charge in [-0.1, -0.05) is 75.9 Å². The van der Waals surface area contributed by atoms with E-state index in [0.717, 1.165) is 38.6 Å². The van der Waals surface area contributed by atoms with Crippen LogP contribution in [0.4, 0.5) is 5.69 Å².